The normalized spacial score (nSPS) is 21.3. The van der Waals surface area contributed by atoms with E-state index in [1.165, 1.54) is 18.3 Å². The standard InChI is InChI=1S/C12H19N3O4S2/c1-2-5-13-12-8-11(3-6-14-12)21(18,19)15-10-4-7-20(16,17)9-10/h3,6,8,10,15H,2,4-5,7,9H2,1H3,(H,13,14). The molecule has 9 heteroatoms. The van der Waals surface area contributed by atoms with Gasteiger partial charge >= 0.3 is 0 Å². The van der Waals surface area contributed by atoms with Crippen molar-refractivity contribution in [2.75, 3.05) is 23.4 Å². The van der Waals surface area contributed by atoms with Crippen LogP contribution in [0.5, 0.6) is 0 Å². The first-order chi connectivity index (χ1) is 9.82. The largest absolute Gasteiger partial charge is 0.370 e. The summed E-state index contributed by atoms with van der Waals surface area (Å²) in [6.07, 6.45) is 2.63. The molecule has 2 N–H and O–H groups in total. The molecule has 7 nitrogen and oxygen atoms in total. The number of nitrogens with one attached hydrogen (secondary N) is 2. The van der Waals surface area contributed by atoms with Gasteiger partial charge in [0.1, 0.15) is 5.82 Å². The van der Waals surface area contributed by atoms with Crippen molar-refractivity contribution < 1.29 is 16.8 Å². The fraction of sp³-hybridized carbons (Fsp3) is 0.583. The zero-order valence-corrected chi connectivity index (χ0v) is 13.4. The van der Waals surface area contributed by atoms with Crippen molar-refractivity contribution in [1.82, 2.24) is 9.71 Å². The van der Waals surface area contributed by atoms with Gasteiger partial charge in [-0.25, -0.2) is 26.5 Å². The Hall–Kier alpha value is -1.19. The number of sulfone groups is 1. The van der Waals surface area contributed by atoms with E-state index in [9.17, 15) is 16.8 Å². The smallest absolute Gasteiger partial charge is 0.241 e. The number of sulfonamides is 1. The maximum absolute atomic E-state index is 12.3. The van der Waals surface area contributed by atoms with Crippen LogP contribution in [-0.2, 0) is 19.9 Å². The van der Waals surface area contributed by atoms with Gasteiger partial charge in [0.05, 0.1) is 16.4 Å². The lowest BCUT2D eigenvalue weighted by Gasteiger charge is -2.12. The second kappa shape index (κ2) is 6.29. The molecule has 2 heterocycles. The van der Waals surface area contributed by atoms with Crippen LogP contribution >= 0.6 is 0 Å². The van der Waals surface area contributed by atoms with Gasteiger partial charge in [0.25, 0.3) is 0 Å². The summed E-state index contributed by atoms with van der Waals surface area (Å²) in [4.78, 5) is 4.13. The van der Waals surface area contributed by atoms with Crippen LogP contribution < -0.4 is 10.0 Å². The Morgan fingerprint density at radius 3 is 2.81 bits per heavy atom. The highest BCUT2D eigenvalue weighted by molar-refractivity contribution is 7.92. The Labute approximate surface area is 125 Å². The minimum absolute atomic E-state index is 0.0276. The monoisotopic (exact) mass is 333 g/mol. The lowest BCUT2D eigenvalue weighted by molar-refractivity contribution is 0.562. The van der Waals surface area contributed by atoms with Gasteiger partial charge in [0.2, 0.25) is 10.0 Å². The molecule has 1 aliphatic heterocycles. The Morgan fingerprint density at radius 2 is 2.19 bits per heavy atom. The van der Waals surface area contributed by atoms with Gasteiger partial charge < -0.3 is 5.32 Å². The van der Waals surface area contributed by atoms with Crippen molar-refractivity contribution in [2.24, 2.45) is 0 Å². The number of aromatic nitrogens is 1. The highest BCUT2D eigenvalue weighted by Gasteiger charge is 2.31. The van der Waals surface area contributed by atoms with Crippen LogP contribution in [0.25, 0.3) is 0 Å². The molecule has 1 aliphatic rings. The van der Waals surface area contributed by atoms with Gasteiger partial charge in [-0.2, -0.15) is 0 Å². The van der Waals surface area contributed by atoms with Crippen molar-refractivity contribution in [3.63, 3.8) is 0 Å². The fourth-order valence-electron chi connectivity index (χ4n) is 2.10. The number of hydrogen-bond donors (Lipinski definition) is 2. The third-order valence-corrected chi connectivity index (χ3v) is 6.44. The minimum atomic E-state index is -3.74. The summed E-state index contributed by atoms with van der Waals surface area (Å²) in [7, 11) is -6.86. The first-order valence-electron chi connectivity index (χ1n) is 6.75. The van der Waals surface area contributed by atoms with E-state index >= 15 is 0 Å². The summed E-state index contributed by atoms with van der Waals surface area (Å²) < 4.78 is 49.7. The van der Waals surface area contributed by atoms with Crippen molar-refractivity contribution in [3.05, 3.63) is 18.3 Å². The Balaban J connectivity index is 2.12. The van der Waals surface area contributed by atoms with Gasteiger partial charge in [0, 0.05) is 24.8 Å². The van der Waals surface area contributed by atoms with Gasteiger partial charge in [-0.3, -0.25) is 0 Å². The SMILES string of the molecule is CCCNc1cc(S(=O)(=O)NC2CCS(=O)(=O)C2)ccn1. The molecule has 0 saturated carbocycles. The van der Waals surface area contributed by atoms with Crippen molar-refractivity contribution in [1.29, 1.82) is 0 Å². The highest BCUT2D eigenvalue weighted by Crippen LogP contribution is 2.17. The van der Waals surface area contributed by atoms with E-state index in [2.05, 4.69) is 15.0 Å². The highest BCUT2D eigenvalue weighted by atomic mass is 32.2. The number of anilines is 1. The molecule has 1 aromatic rings. The Morgan fingerprint density at radius 1 is 1.43 bits per heavy atom. The molecule has 1 aromatic heterocycles. The zero-order chi connectivity index (χ0) is 15.5. The van der Waals surface area contributed by atoms with Crippen LogP contribution in [0, 0.1) is 0 Å². The summed E-state index contributed by atoms with van der Waals surface area (Å²) in [5.74, 6) is 0.372. The summed E-state index contributed by atoms with van der Waals surface area (Å²) in [6, 6.07) is 2.28. The summed E-state index contributed by atoms with van der Waals surface area (Å²) >= 11 is 0. The average Bonchev–Trinajstić information content (AvgIpc) is 2.75. The first kappa shape index (κ1) is 16.2. The van der Waals surface area contributed by atoms with Crippen LogP contribution in [0.1, 0.15) is 19.8 Å². The predicted octanol–water partition coefficient (Wildman–Crippen LogP) is 0.369. The Bertz CT molecular complexity index is 701. The quantitative estimate of drug-likeness (QED) is 0.779. The minimum Gasteiger partial charge on any atom is -0.370 e. The molecule has 0 spiro atoms. The summed E-state index contributed by atoms with van der Waals surface area (Å²) in [5, 5.41) is 3.01. The summed E-state index contributed by atoms with van der Waals surface area (Å²) in [5.41, 5.74) is 0. The van der Waals surface area contributed by atoms with E-state index in [1.807, 2.05) is 6.92 Å². The molecular formula is C12H19N3O4S2. The number of hydrogen-bond acceptors (Lipinski definition) is 6. The van der Waals surface area contributed by atoms with Gasteiger partial charge in [0.15, 0.2) is 9.84 Å². The third-order valence-electron chi connectivity index (χ3n) is 3.15. The van der Waals surface area contributed by atoms with Crippen LogP contribution in [0.3, 0.4) is 0 Å². The van der Waals surface area contributed by atoms with E-state index < -0.39 is 25.9 Å². The lowest BCUT2D eigenvalue weighted by atomic mass is 10.3. The van der Waals surface area contributed by atoms with Crippen LogP contribution in [0.15, 0.2) is 23.2 Å². The van der Waals surface area contributed by atoms with E-state index in [1.54, 1.807) is 0 Å². The van der Waals surface area contributed by atoms with E-state index in [0.717, 1.165) is 6.42 Å². The van der Waals surface area contributed by atoms with Gasteiger partial charge in [-0.15, -0.1) is 0 Å². The fourth-order valence-corrected chi connectivity index (χ4v) is 5.17. The van der Waals surface area contributed by atoms with Crippen LogP contribution in [0.4, 0.5) is 5.82 Å². The van der Waals surface area contributed by atoms with Crippen LogP contribution in [-0.4, -0.2) is 45.9 Å². The Kier molecular flexibility index (Phi) is 4.84. The topological polar surface area (TPSA) is 105 Å². The molecule has 0 amide bonds. The predicted molar refractivity (Wildman–Crippen MR) is 80.4 cm³/mol. The molecule has 1 atom stereocenters. The van der Waals surface area contributed by atoms with Gasteiger partial charge in [-0.05, 0) is 18.9 Å². The van der Waals surface area contributed by atoms with Crippen molar-refractivity contribution in [2.45, 2.75) is 30.7 Å². The maximum atomic E-state index is 12.3. The number of nitrogens with zero attached hydrogens (tertiary/aromatic N) is 1. The first-order valence-corrected chi connectivity index (χ1v) is 10.1. The second-order valence-electron chi connectivity index (χ2n) is 5.02. The van der Waals surface area contributed by atoms with Gasteiger partial charge in [-0.1, -0.05) is 6.92 Å². The second-order valence-corrected chi connectivity index (χ2v) is 8.97. The molecule has 0 aliphatic carbocycles. The average molecular weight is 333 g/mol. The zero-order valence-electron chi connectivity index (χ0n) is 11.7. The maximum Gasteiger partial charge on any atom is 0.241 e. The lowest BCUT2D eigenvalue weighted by Crippen LogP contribution is -2.35. The molecule has 1 fully saturated rings. The molecule has 21 heavy (non-hydrogen) atoms. The molecule has 1 saturated heterocycles. The molecule has 0 radical (unpaired) electrons. The molecule has 118 valence electrons. The number of rotatable bonds is 6. The number of pyridine rings is 1. The van der Waals surface area contributed by atoms with E-state index in [0.29, 0.717) is 18.8 Å². The molecular weight excluding hydrogens is 314 g/mol. The molecule has 2 rings (SSSR count). The third kappa shape index (κ3) is 4.39. The van der Waals surface area contributed by atoms with E-state index in [4.69, 9.17) is 0 Å². The summed E-state index contributed by atoms with van der Waals surface area (Å²) in [6.45, 7) is 2.69. The van der Waals surface area contributed by atoms with E-state index in [-0.39, 0.29) is 16.4 Å². The van der Waals surface area contributed by atoms with Crippen LogP contribution in [0.2, 0.25) is 0 Å². The van der Waals surface area contributed by atoms with Crippen molar-refractivity contribution >= 4 is 25.7 Å². The van der Waals surface area contributed by atoms with Crippen molar-refractivity contribution in [3.8, 4) is 0 Å². The molecule has 1 unspecified atom stereocenters. The molecule has 0 aromatic carbocycles. The molecule has 0 bridgehead atoms.